The van der Waals surface area contributed by atoms with Crippen LogP contribution in [0.15, 0.2) is 0 Å². The Kier molecular flexibility index (Phi) is 80.1. The maximum absolute atomic E-state index is 12.7. The first-order valence-corrected chi connectivity index (χ1v) is 45.4. The number of hydrogen-bond acceptors (Lipinski definition) is 17. The number of likely N-dealkylation sites (N-methyl/N-ethyl adjacent to an activating group) is 1. The quantitative estimate of drug-likeness (QED) is 0.0191. The van der Waals surface area contributed by atoms with E-state index in [2.05, 4.69) is 38.3 Å². The van der Waals surface area contributed by atoms with Crippen LogP contribution in [0.25, 0.3) is 0 Å². The molecule has 0 saturated heterocycles. The first-order chi connectivity index (χ1) is 50.1. The van der Waals surface area contributed by atoms with Crippen molar-refractivity contribution < 1.29 is 84.7 Å². The number of carbonyl (C=O) groups is 5. The van der Waals surface area contributed by atoms with Crippen LogP contribution in [0.1, 0.15) is 407 Å². The lowest BCUT2D eigenvalue weighted by Crippen LogP contribution is -2.30. The van der Waals surface area contributed by atoms with Gasteiger partial charge < -0.3 is 44.1 Å². The van der Waals surface area contributed by atoms with Crippen molar-refractivity contribution in [1.29, 1.82) is 0 Å². The summed E-state index contributed by atoms with van der Waals surface area (Å²) in [5, 5.41) is 5.45. The molecule has 4 N–H and O–H groups in total. The van der Waals surface area contributed by atoms with E-state index >= 15 is 0 Å². The standard InChI is InChI=1S/C43H84NO10P.C38H76NO8P/c1-4-6-8-10-12-14-16-18-20-22-24-26-28-33-42(46)51-38-40(39-53-55(48,49)52-37-35-44-41(45)32-30-31-36-50-3)54-43(47)34-29-27-25-23-21-19-17-15-13-11-9-7-5-2;1-4-6-8-10-12-14-16-18-20-22-24-26-28-30-37(40)44-34-36(35-46-48(42,43)45-33-32-39-3)47-38(41)31-29-27-25-23-21-19-17-15-13-11-9-7-5-2/h40H,4-39H2,1-3H3,(H,44,45)(H,48,49);36,39H,4-35H2,1-3H3,(H,42,43). The van der Waals surface area contributed by atoms with Crippen LogP contribution >= 0.6 is 15.6 Å². The number of methoxy groups -OCH3 is 1. The van der Waals surface area contributed by atoms with Gasteiger partial charge in [0, 0.05) is 58.9 Å². The van der Waals surface area contributed by atoms with Crippen LogP contribution in [0.5, 0.6) is 0 Å². The van der Waals surface area contributed by atoms with Gasteiger partial charge in [-0.2, -0.15) is 0 Å². The highest BCUT2D eigenvalue weighted by molar-refractivity contribution is 7.47. The second kappa shape index (κ2) is 80.5. The molecule has 4 unspecified atom stereocenters. The summed E-state index contributed by atoms with van der Waals surface area (Å²) < 4.78 is 71.6. The molecule has 103 heavy (non-hydrogen) atoms. The van der Waals surface area contributed by atoms with E-state index in [0.717, 1.165) is 77.0 Å². The highest BCUT2D eigenvalue weighted by Gasteiger charge is 2.28. The lowest BCUT2D eigenvalue weighted by molar-refractivity contribution is -0.161. The number of unbranched alkanes of at least 4 members (excludes halogenated alkanes) is 49. The normalized spacial score (nSPS) is 13.2. The third-order valence-corrected chi connectivity index (χ3v) is 20.5. The Morgan fingerprint density at radius 2 is 0.544 bits per heavy atom. The summed E-state index contributed by atoms with van der Waals surface area (Å²) in [7, 11) is -5.55. The van der Waals surface area contributed by atoms with Crippen molar-refractivity contribution in [3.63, 3.8) is 0 Å². The molecule has 0 rings (SSSR count). The summed E-state index contributed by atoms with van der Waals surface area (Å²) in [5.41, 5.74) is 0. The lowest BCUT2D eigenvalue weighted by Gasteiger charge is -2.20. The minimum absolute atomic E-state index is 0.0120. The van der Waals surface area contributed by atoms with Crippen LogP contribution in [0.3, 0.4) is 0 Å². The molecule has 0 aromatic heterocycles. The van der Waals surface area contributed by atoms with E-state index in [9.17, 15) is 42.9 Å². The molecule has 0 fully saturated rings. The van der Waals surface area contributed by atoms with Crippen molar-refractivity contribution in [2.75, 3.05) is 73.5 Å². The predicted molar refractivity (Wildman–Crippen MR) is 419 cm³/mol. The SMILES string of the molecule is CCCCCCCCCCCCCCCC(=O)OCC(COP(=O)(O)OCCNC(=O)CCCCOC)OC(=O)CCCCCCCCCCCCCCC.CCCCCCCCCCCCCCCC(=O)OCC(COP(=O)(O)OCCNC)OC(=O)CCCCCCCCCCCCCCC. The smallest absolute Gasteiger partial charge is 0.462 e. The van der Waals surface area contributed by atoms with Crippen molar-refractivity contribution in [3.8, 4) is 0 Å². The van der Waals surface area contributed by atoms with Crippen molar-refractivity contribution >= 4 is 45.4 Å². The van der Waals surface area contributed by atoms with E-state index < -0.39 is 59.0 Å². The van der Waals surface area contributed by atoms with E-state index in [1.54, 1.807) is 14.2 Å². The first kappa shape index (κ1) is 103. The lowest BCUT2D eigenvalue weighted by atomic mass is 10.0. The zero-order chi connectivity index (χ0) is 75.9. The number of phosphoric ester groups is 2. The minimum atomic E-state index is -4.52. The van der Waals surface area contributed by atoms with Gasteiger partial charge in [0.25, 0.3) is 0 Å². The van der Waals surface area contributed by atoms with Gasteiger partial charge in [0.15, 0.2) is 12.2 Å². The summed E-state index contributed by atoms with van der Waals surface area (Å²) >= 11 is 0. The number of hydrogen-bond donors (Lipinski definition) is 4. The number of phosphoric acid groups is 2. The maximum atomic E-state index is 12.7. The molecule has 0 aromatic rings. The second-order valence-electron chi connectivity index (χ2n) is 28.7. The minimum Gasteiger partial charge on any atom is -0.462 e. The van der Waals surface area contributed by atoms with E-state index in [4.69, 9.17) is 41.8 Å². The number of amides is 1. The number of esters is 4. The molecule has 20 nitrogen and oxygen atoms in total. The molecule has 0 aliphatic rings. The van der Waals surface area contributed by atoms with Gasteiger partial charge in [-0.15, -0.1) is 0 Å². The van der Waals surface area contributed by atoms with Crippen molar-refractivity contribution in [2.24, 2.45) is 0 Å². The predicted octanol–water partition coefficient (Wildman–Crippen LogP) is 22.2. The van der Waals surface area contributed by atoms with Crippen molar-refractivity contribution in [1.82, 2.24) is 10.6 Å². The summed E-state index contributed by atoms with van der Waals surface area (Å²) in [5.74, 6) is -1.85. The molecule has 0 saturated carbocycles. The third-order valence-electron chi connectivity index (χ3n) is 18.5. The largest absolute Gasteiger partial charge is 0.472 e. The first-order valence-electron chi connectivity index (χ1n) is 42.4. The molecule has 0 aliphatic carbocycles. The van der Waals surface area contributed by atoms with Gasteiger partial charge in [-0.05, 0) is 45.6 Å². The maximum Gasteiger partial charge on any atom is 0.472 e. The molecular formula is C81H160N2O18P2. The van der Waals surface area contributed by atoms with Crippen LogP contribution in [-0.4, -0.2) is 125 Å². The molecule has 0 spiro atoms. The highest BCUT2D eigenvalue weighted by atomic mass is 31.2. The molecule has 0 radical (unpaired) electrons. The summed E-state index contributed by atoms with van der Waals surface area (Å²) in [6.45, 7) is 8.35. The van der Waals surface area contributed by atoms with Gasteiger partial charge in [0.1, 0.15) is 13.2 Å². The molecule has 22 heteroatoms. The third kappa shape index (κ3) is 81.8. The fraction of sp³-hybridized carbons (Fsp3) is 0.938. The Morgan fingerprint density at radius 3 is 0.806 bits per heavy atom. The molecule has 4 atom stereocenters. The fourth-order valence-corrected chi connectivity index (χ4v) is 13.6. The summed E-state index contributed by atoms with van der Waals surface area (Å²) in [6, 6.07) is 0. The monoisotopic (exact) mass is 1510 g/mol. The Morgan fingerprint density at radius 1 is 0.301 bits per heavy atom. The van der Waals surface area contributed by atoms with Gasteiger partial charge in [0.2, 0.25) is 5.91 Å². The van der Waals surface area contributed by atoms with Gasteiger partial charge in [-0.3, -0.25) is 42.1 Å². The molecule has 0 aromatic carbocycles. The van der Waals surface area contributed by atoms with E-state index in [1.807, 2.05) is 0 Å². The van der Waals surface area contributed by atoms with Gasteiger partial charge in [-0.25, -0.2) is 9.13 Å². The van der Waals surface area contributed by atoms with Crippen LogP contribution < -0.4 is 10.6 Å². The Balaban J connectivity index is 0. The Hall–Kier alpha value is -2.51. The number of nitrogens with one attached hydrogen (secondary N) is 2. The zero-order valence-corrected chi connectivity index (χ0v) is 68.8. The number of carbonyl (C=O) groups excluding carboxylic acids is 5. The van der Waals surface area contributed by atoms with Crippen molar-refractivity contribution in [2.45, 2.75) is 419 Å². The summed E-state index contributed by atoms with van der Waals surface area (Å²) in [4.78, 5) is 82.2. The zero-order valence-electron chi connectivity index (χ0n) is 67.1. The van der Waals surface area contributed by atoms with Crippen LogP contribution in [0.2, 0.25) is 0 Å². The Labute approximate surface area is 630 Å². The second-order valence-corrected chi connectivity index (χ2v) is 31.6. The molecule has 612 valence electrons. The van der Waals surface area contributed by atoms with E-state index in [1.165, 1.54) is 250 Å². The highest BCUT2D eigenvalue weighted by Crippen LogP contribution is 2.44. The topological polar surface area (TPSA) is 267 Å². The molecule has 0 aliphatic heterocycles. The van der Waals surface area contributed by atoms with Crippen LogP contribution in [0.4, 0.5) is 0 Å². The number of ether oxygens (including phenoxy) is 5. The molecule has 0 bridgehead atoms. The van der Waals surface area contributed by atoms with Gasteiger partial charge in [0.05, 0.1) is 26.4 Å². The summed E-state index contributed by atoms with van der Waals surface area (Å²) in [6.07, 6.45) is 63.9. The molecular weight excluding hydrogens is 1350 g/mol. The Bertz CT molecular complexity index is 1970. The van der Waals surface area contributed by atoms with E-state index in [-0.39, 0.29) is 64.1 Å². The molecule has 1 amide bonds. The number of rotatable bonds is 81. The average Bonchev–Trinajstić information content (AvgIpc) is 0.947. The van der Waals surface area contributed by atoms with Crippen molar-refractivity contribution in [3.05, 3.63) is 0 Å². The van der Waals surface area contributed by atoms with Crippen LogP contribution in [0, 0.1) is 0 Å². The van der Waals surface area contributed by atoms with Crippen LogP contribution in [-0.2, 0) is 74.9 Å². The van der Waals surface area contributed by atoms with E-state index in [0.29, 0.717) is 45.3 Å². The fourth-order valence-electron chi connectivity index (χ4n) is 12.1. The van der Waals surface area contributed by atoms with Gasteiger partial charge >= 0.3 is 39.5 Å². The molecule has 0 heterocycles. The van der Waals surface area contributed by atoms with Gasteiger partial charge in [-0.1, -0.05) is 336 Å². The average molecular weight is 1510 g/mol.